The van der Waals surface area contributed by atoms with Gasteiger partial charge in [0, 0.05) is 19.9 Å². The zero-order valence-corrected chi connectivity index (χ0v) is 17.4. The molecule has 2 heterocycles. The lowest BCUT2D eigenvalue weighted by atomic mass is 9.87. The second kappa shape index (κ2) is 8.74. The van der Waals surface area contributed by atoms with Crippen LogP contribution in [-0.4, -0.2) is 39.4 Å². The van der Waals surface area contributed by atoms with Gasteiger partial charge in [-0.25, -0.2) is 11.6 Å². The monoisotopic (exact) mass is 401 g/mol. The second-order valence-electron chi connectivity index (χ2n) is 7.97. The van der Waals surface area contributed by atoms with E-state index in [0.29, 0.717) is 29.9 Å². The summed E-state index contributed by atoms with van der Waals surface area (Å²) < 4.78 is 21.4. The van der Waals surface area contributed by atoms with Gasteiger partial charge in [-0.05, 0) is 45.6 Å². The smallest absolute Gasteiger partial charge is 0.319 e. The Labute approximate surface area is 170 Å². The zero-order valence-electron chi connectivity index (χ0n) is 17.4. The van der Waals surface area contributed by atoms with E-state index in [1.807, 2.05) is 14.0 Å². The van der Waals surface area contributed by atoms with E-state index in [2.05, 4.69) is 30.5 Å². The Morgan fingerprint density at radius 1 is 1.34 bits per heavy atom. The number of anilines is 2. The normalized spacial score (nSPS) is 19.6. The molecule has 0 aliphatic heterocycles. The molecule has 0 bridgehead atoms. The molecule has 29 heavy (non-hydrogen) atoms. The summed E-state index contributed by atoms with van der Waals surface area (Å²) in [6.45, 7) is 13.1. The van der Waals surface area contributed by atoms with Crippen molar-refractivity contribution in [1.29, 1.82) is 0 Å². The molecular formula is C20H28FN7O. The van der Waals surface area contributed by atoms with Crippen LogP contribution in [0.4, 0.5) is 16.0 Å². The molecular weight excluding hydrogens is 373 g/mol. The largest absolute Gasteiger partial charge is 0.475 e. The second-order valence-corrected chi connectivity index (χ2v) is 7.97. The molecule has 1 aliphatic rings. The molecule has 1 saturated carbocycles. The molecule has 1 aliphatic carbocycles. The van der Waals surface area contributed by atoms with Crippen LogP contribution in [-0.2, 0) is 5.66 Å². The number of aromatic nitrogens is 4. The highest BCUT2D eigenvalue weighted by Gasteiger charge is 2.27. The van der Waals surface area contributed by atoms with E-state index in [4.69, 9.17) is 11.3 Å². The summed E-state index contributed by atoms with van der Waals surface area (Å²) in [6.07, 6.45) is 7.14. The lowest BCUT2D eigenvalue weighted by Gasteiger charge is -2.27. The van der Waals surface area contributed by atoms with Crippen molar-refractivity contribution in [1.82, 2.24) is 25.1 Å². The number of ether oxygens (including phenoxy) is 1. The van der Waals surface area contributed by atoms with Crippen molar-refractivity contribution in [2.24, 2.45) is 5.92 Å². The highest BCUT2D eigenvalue weighted by atomic mass is 19.1. The first-order chi connectivity index (χ1) is 13.8. The summed E-state index contributed by atoms with van der Waals surface area (Å²) >= 11 is 0. The maximum atomic E-state index is 14.1. The predicted molar refractivity (Wildman–Crippen MR) is 108 cm³/mol. The Balaban J connectivity index is 1.66. The number of nitrogens with one attached hydrogen (secondary N) is 2. The van der Waals surface area contributed by atoms with E-state index in [-0.39, 0.29) is 11.8 Å². The first-order valence-electron chi connectivity index (χ1n) is 9.87. The number of aryl methyl sites for hydroxylation is 1. The van der Waals surface area contributed by atoms with Crippen molar-refractivity contribution in [3.8, 4) is 5.88 Å². The third kappa shape index (κ3) is 5.01. The Kier molecular flexibility index (Phi) is 6.33. The van der Waals surface area contributed by atoms with Crippen LogP contribution >= 0.6 is 0 Å². The number of rotatable bonds is 7. The van der Waals surface area contributed by atoms with Gasteiger partial charge in [-0.3, -0.25) is 4.85 Å². The van der Waals surface area contributed by atoms with Gasteiger partial charge in [0.2, 0.25) is 11.8 Å². The van der Waals surface area contributed by atoms with Gasteiger partial charge in [0.05, 0.1) is 30.4 Å². The van der Waals surface area contributed by atoms with E-state index in [9.17, 15) is 4.39 Å². The van der Waals surface area contributed by atoms with E-state index in [0.717, 1.165) is 31.9 Å². The number of hydrogen-bond acceptors (Lipinski definition) is 6. The number of halogens is 1. The molecule has 3 rings (SSSR count). The van der Waals surface area contributed by atoms with E-state index in [1.165, 1.54) is 0 Å². The third-order valence-electron chi connectivity index (χ3n) is 5.40. The van der Waals surface area contributed by atoms with Crippen LogP contribution in [0.3, 0.4) is 0 Å². The van der Waals surface area contributed by atoms with E-state index >= 15 is 0 Å². The molecule has 9 heteroatoms. The van der Waals surface area contributed by atoms with Crippen molar-refractivity contribution in [2.45, 2.75) is 58.2 Å². The minimum absolute atomic E-state index is 0.0511. The number of hydrogen-bond donors (Lipinski definition) is 2. The van der Waals surface area contributed by atoms with Crippen LogP contribution in [0.1, 0.15) is 45.2 Å². The topological polar surface area (TPSA) is 81.2 Å². The minimum Gasteiger partial charge on any atom is -0.475 e. The van der Waals surface area contributed by atoms with Crippen molar-refractivity contribution in [2.75, 3.05) is 19.0 Å². The first-order valence-corrected chi connectivity index (χ1v) is 9.87. The summed E-state index contributed by atoms with van der Waals surface area (Å²) in [5.74, 6) is -0.00365. The van der Waals surface area contributed by atoms with E-state index < -0.39 is 11.5 Å². The average molecular weight is 401 g/mol. The molecule has 0 unspecified atom stereocenters. The molecule has 0 aromatic carbocycles. The van der Waals surface area contributed by atoms with Gasteiger partial charge in [0.15, 0.2) is 0 Å². The molecule has 2 aromatic rings. The van der Waals surface area contributed by atoms with Crippen molar-refractivity contribution >= 4 is 11.6 Å². The van der Waals surface area contributed by atoms with Crippen molar-refractivity contribution in [3.63, 3.8) is 0 Å². The van der Waals surface area contributed by atoms with Gasteiger partial charge in [-0.1, -0.05) is 0 Å². The van der Waals surface area contributed by atoms with Crippen LogP contribution < -0.4 is 15.4 Å². The lowest BCUT2D eigenvalue weighted by molar-refractivity contribution is 0.183. The molecule has 0 radical (unpaired) electrons. The first kappa shape index (κ1) is 21.0. The molecule has 0 saturated heterocycles. The summed E-state index contributed by atoms with van der Waals surface area (Å²) in [7, 11) is 1.99. The summed E-state index contributed by atoms with van der Waals surface area (Å²) in [4.78, 5) is 11.8. The van der Waals surface area contributed by atoms with Gasteiger partial charge >= 0.3 is 5.66 Å². The molecule has 0 spiro atoms. The van der Waals surface area contributed by atoms with Crippen LogP contribution in [0.15, 0.2) is 12.4 Å². The van der Waals surface area contributed by atoms with E-state index in [1.54, 1.807) is 24.7 Å². The van der Waals surface area contributed by atoms with Crippen LogP contribution in [0, 0.1) is 25.2 Å². The standard InChI is InChI=1S/C20H28FN7O/c1-13-17(11-28(27-13)20(2,3)23-5)25-19-24-10-16(21)18(26-19)29-12-14-6-8-15(22-4)9-7-14/h10-11,14-15,22H,6-9,12H2,1-4H3,(H,24,25,26). The molecule has 1 fully saturated rings. The van der Waals surface area contributed by atoms with Gasteiger partial charge in [0.1, 0.15) is 0 Å². The van der Waals surface area contributed by atoms with Gasteiger partial charge in [-0.15, -0.1) is 0 Å². The quantitative estimate of drug-likeness (QED) is 0.690. The molecule has 0 amide bonds. The highest BCUT2D eigenvalue weighted by molar-refractivity contribution is 5.55. The van der Waals surface area contributed by atoms with Crippen molar-refractivity contribution in [3.05, 3.63) is 35.3 Å². The van der Waals surface area contributed by atoms with Crippen molar-refractivity contribution < 1.29 is 9.13 Å². The molecule has 156 valence electrons. The molecule has 0 atom stereocenters. The van der Waals surface area contributed by atoms with Gasteiger partial charge in [-0.2, -0.15) is 19.2 Å². The third-order valence-corrected chi connectivity index (χ3v) is 5.40. The zero-order chi connectivity index (χ0) is 21.0. The molecule has 2 N–H and O–H groups in total. The summed E-state index contributed by atoms with van der Waals surface area (Å²) in [5, 5.41) is 10.7. The van der Waals surface area contributed by atoms with Gasteiger partial charge < -0.3 is 15.4 Å². The number of nitrogens with zero attached hydrogens (tertiary/aromatic N) is 5. The fourth-order valence-electron chi connectivity index (χ4n) is 3.36. The minimum atomic E-state index is -0.797. The average Bonchev–Trinajstić information content (AvgIpc) is 3.10. The maximum absolute atomic E-state index is 14.1. The van der Waals surface area contributed by atoms with Crippen LogP contribution in [0.2, 0.25) is 0 Å². The molecule has 2 aromatic heterocycles. The lowest BCUT2D eigenvalue weighted by Crippen LogP contribution is -2.31. The Hall–Kier alpha value is -2.73. The Morgan fingerprint density at radius 3 is 2.72 bits per heavy atom. The molecule has 8 nitrogen and oxygen atoms in total. The fraction of sp³-hybridized carbons (Fsp3) is 0.600. The fourth-order valence-corrected chi connectivity index (χ4v) is 3.36. The van der Waals surface area contributed by atoms with Crippen LogP contribution in [0.5, 0.6) is 5.88 Å². The highest BCUT2D eigenvalue weighted by Crippen LogP contribution is 2.27. The predicted octanol–water partition coefficient (Wildman–Crippen LogP) is 3.63. The van der Waals surface area contributed by atoms with Crippen LogP contribution in [0.25, 0.3) is 4.85 Å². The SMILES string of the molecule is [C-]#[N+]C(C)(C)n1cc(Nc2ncc(F)c(OCC3CCC(NC)CC3)n2)c(C)n1. The summed E-state index contributed by atoms with van der Waals surface area (Å²) in [5.41, 5.74) is 0.553. The summed E-state index contributed by atoms with van der Waals surface area (Å²) in [6, 6.07) is 0.565. The Morgan fingerprint density at radius 2 is 2.07 bits per heavy atom. The van der Waals surface area contributed by atoms with Gasteiger partial charge in [0.25, 0.3) is 5.88 Å². The Bertz CT molecular complexity index is 881. The maximum Gasteiger partial charge on any atom is 0.319 e.